The maximum atomic E-state index is 2.73. The second kappa shape index (κ2) is 13.4. The number of aryl methyl sites for hydroxylation is 1. The first-order valence-corrected chi connectivity index (χ1v) is 23.7. The van der Waals surface area contributed by atoms with Gasteiger partial charge < -0.3 is 9.80 Å². The van der Waals surface area contributed by atoms with Crippen LogP contribution in [0.1, 0.15) is 128 Å². The summed E-state index contributed by atoms with van der Waals surface area (Å²) in [5, 5.41) is 0. The van der Waals surface area contributed by atoms with Crippen LogP contribution in [0.15, 0.2) is 133 Å². The molecule has 0 fully saturated rings. The van der Waals surface area contributed by atoms with Crippen molar-refractivity contribution in [2.45, 2.75) is 124 Å². The lowest BCUT2D eigenvalue weighted by molar-refractivity contribution is 0.403. The molecule has 0 bridgehead atoms. The highest BCUT2D eigenvalue weighted by Crippen LogP contribution is 2.57. The Balaban J connectivity index is 1.29. The predicted octanol–water partition coefficient (Wildman–Crippen LogP) is 14.6. The lowest BCUT2D eigenvalue weighted by Crippen LogP contribution is -2.61. The number of fused-ring (bicyclic) bond motifs is 8. The summed E-state index contributed by atoms with van der Waals surface area (Å²) in [6.45, 7) is 31.2. The van der Waals surface area contributed by atoms with Crippen LogP contribution in [0, 0.1) is 6.92 Å². The number of hydrogen-bond acceptors (Lipinski definition) is 2. The summed E-state index contributed by atoms with van der Waals surface area (Å²) in [5.41, 5.74) is 26.6. The number of hydrogen-bond donors (Lipinski definition) is 0. The molecule has 0 saturated heterocycles. The van der Waals surface area contributed by atoms with Crippen LogP contribution in [0.4, 0.5) is 34.1 Å². The highest BCUT2D eigenvalue weighted by atomic mass is 15.2. The molecule has 0 N–H and O–H groups in total. The molecule has 2 aliphatic carbocycles. The summed E-state index contributed by atoms with van der Waals surface area (Å²) in [4.78, 5) is 5.37. The SMILES string of the molecule is Cc1cc(C(C)(C)C)ccc1N1c2cc(-c3ccccc3)ccc2B2c3cc4c(cc3N(c3cccc5c3C(C)(C)c3ccccc3-5)c3cc(C(C)(C)C)cc1c32)C(C)(C)CC4(C)C. The second-order valence-electron chi connectivity index (χ2n) is 23.4. The summed E-state index contributed by atoms with van der Waals surface area (Å²) >= 11 is 0. The minimum Gasteiger partial charge on any atom is -0.311 e. The van der Waals surface area contributed by atoms with Crippen molar-refractivity contribution < 1.29 is 0 Å². The first-order chi connectivity index (χ1) is 30.2. The Labute approximate surface area is 383 Å². The summed E-state index contributed by atoms with van der Waals surface area (Å²) in [7, 11) is 0. The average Bonchev–Trinajstić information content (AvgIpc) is 3.59. The molecule has 0 radical (unpaired) electrons. The van der Waals surface area contributed by atoms with Crippen molar-refractivity contribution in [2.24, 2.45) is 0 Å². The van der Waals surface area contributed by atoms with E-state index in [-0.39, 0.29) is 33.8 Å². The fraction of sp³-hybridized carbons (Fsp3) is 0.311. The number of anilines is 6. The van der Waals surface area contributed by atoms with Crippen LogP contribution in [0.3, 0.4) is 0 Å². The van der Waals surface area contributed by atoms with Crippen LogP contribution in [-0.4, -0.2) is 6.71 Å². The minimum atomic E-state index is -0.197. The average molecular weight is 835 g/mol. The first-order valence-electron chi connectivity index (χ1n) is 23.7. The van der Waals surface area contributed by atoms with E-state index in [1.807, 2.05) is 0 Å². The summed E-state index contributed by atoms with van der Waals surface area (Å²) in [5.74, 6) is 0. The van der Waals surface area contributed by atoms with Crippen LogP contribution in [0.5, 0.6) is 0 Å². The van der Waals surface area contributed by atoms with Gasteiger partial charge in [0.15, 0.2) is 0 Å². The van der Waals surface area contributed by atoms with Gasteiger partial charge in [-0.25, -0.2) is 0 Å². The zero-order valence-electron chi connectivity index (χ0n) is 40.4. The molecular weight excluding hydrogens is 771 g/mol. The topological polar surface area (TPSA) is 6.48 Å². The molecule has 0 amide bonds. The molecule has 11 rings (SSSR count). The van der Waals surface area contributed by atoms with Gasteiger partial charge in [-0.2, -0.15) is 0 Å². The molecule has 2 heterocycles. The smallest absolute Gasteiger partial charge is 0.252 e. The van der Waals surface area contributed by atoms with Gasteiger partial charge in [0, 0.05) is 33.9 Å². The second-order valence-corrected chi connectivity index (χ2v) is 23.4. The lowest BCUT2D eigenvalue weighted by Gasteiger charge is -2.46. The largest absolute Gasteiger partial charge is 0.311 e. The normalized spacial score (nSPS) is 17.0. The van der Waals surface area contributed by atoms with E-state index in [2.05, 4.69) is 233 Å². The Hall–Kier alpha value is -5.80. The molecule has 7 aromatic carbocycles. The third-order valence-corrected chi connectivity index (χ3v) is 15.6. The summed E-state index contributed by atoms with van der Waals surface area (Å²) in [6, 6.07) is 52.1. The van der Waals surface area contributed by atoms with Crippen LogP contribution < -0.4 is 26.2 Å². The molecule has 4 aliphatic rings. The van der Waals surface area contributed by atoms with Crippen molar-refractivity contribution >= 4 is 57.2 Å². The quantitative estimate of drug-likeness (QED) is 0.164. The monoisotopic (exact) mass is 835 g/mol. The first kappa shape index (κ1) is 40.9. The molecule has 0 unspecified atom stereocenters. The van der Waals surface area contributed by atoms with Crippen molar-refractivity contribution in [2.75, 3.05) is 9.80 Å². The molecule has 0 spiro atoms. The number of nitrogens with zero attached hydrogens (tertiary/aromatic N) is 2. The van der Waals surface area contributed by atoms with Crippen LogP contribution in [0.2, 0.25) is 0 Å². The van der Waals surface area contributed by atoms with Crippen molar-refractivity contribution in [3.05, 3.63) is 172 Å². The van der Waals surface area contributed by atoms with Crippen LogP contribution in [0.25, 0.3) is 22.3 Å². The van der Waals surface area contributed by atoms with Gasteiger partial charge in [0.25, 0.3) is 6.71 Å². The number of benzene rings is 7. The summed E-state index contributed by atoms with van der Waals surface area (Å²) in [6.07, 6.45) is 1.12. The van der Waals surface area contributed by atoms with Gasteiger partial charge in [0.2, 0.25) is 0 Å². The fourth-order valence-corrected chi connectivity index (χ4v) is 12.6. The third kappa shape index (κ3) is 5.84. The minimum absolute atomic E-state index is 0.0299. The summed E-state index contributed by atoms with van der Waals surface area (Å²) < 4.78 is 0. The highest BCUT2D eigenvalue weighted by Gasteiger charge is 2.50. The Morgan fingerprint density at radius 2 is 1.06 bits per heavy atom. The van der Waals surface area contributed by atoms with E-state index in [1.165, 1.54) is 112 Å². The van der Waals surface area contributed by atoms with Gasteiger partial charge in [-0.1, -0.05) is 180 Å². The number of rotatable bonds is 3. The van der Waals surface area contributed by atoms with Gasteiger partial charge in [0.1, 0.15) is 0 Å². The zero-order valence-corrected chi connectivity index (χ0v) is 40.4. The Morgan fingerprint density at radius 3 is 1.73 bits per heavy atom. The van der Waals surface area contributed by atoms with Gasteiger partial charge in [0.05, 0.1) is 5.69 Å². The van der Waals surface area contributed by atoms with Gasteiger partial charge in [-0.05, 0) is 149 Å². The molecular formula is C61H63BN2. The van der Waals surface area contributed by atoms with E-state index >= 15 is 0 Å². The molecule has 3 heteroatoms. The molecule has 7 aromatic rings. The standard InChI is InChI=1S/C61H63BN2/c1-37-30-40(57(2,3)4)27-29-49(37)63-51-31-39(38-20-15-14-16-21-38)26-28-47(51)62-48-34-45-46(60(10,11)36-59(45,8)9)35-52(48)64(54-33-41(58(5,6)7)32-53(63)56(54)62)50-25-19-23-43-42-22-17-18-24-44(42)61(12,13)55(43)50/h14-35H,36H2,1-13H3. The molecule has 64 heavy (non-hydrogen) atoms. The van der Waals surface area contributed by atoms with E-state index in [0.29, 0.717) is 0 Å². The van der Waals surface area contributed by atoms with E-state index in [4.69, 9.17) is 0 Å². The van der Waals surface area contributed by atoms with E-state index < -0.39 is 0 Å². The maximum absolute atomic E-state index is 2.73. The van der Waals surface area contributed by atoms with E-state index in [0.717, 1.165) is 6.42 Å². The Morgan fingerprint density at radius 1 is 0.453 bits per heavy atom. The zero-order chi connectivity index (χ0) is 45.0. The molecule has 320 valence electrons. The maximum Gasteiger partial charge on any atom is 0.252 e. The highest BCUT2D eigenvalue weighted by molar-refractivity contribution is 7.00. The predicted molar refractivity (Wildman–Crippen MR) is 276 cm³/mol. The van der Waals surface area contributed by atoms with Crippen molar-refractivity contribution in [3.8, 4) is 22.3 Å². The van der Waals surface area contributed by atoms with Crippen LogP contribution in [-0.2, 0) is 27.1 Å². The molecule has 0 aromatic heterocycles. The lowest BCUT2D eigenvalue weighted by atomic mass is 9.33. The third-order valence-electron chi connectivity index (χ3n) is 15.6. The van der Waals surface area contributed by atoms with Gasteiger partial charge in [-0.15, -0.1) is 0 Å². The van der Waals surface area contributed by atoms with Crippen molar-refractivity contribution in [3.63, 3.8) is 0 Å². The van der Waals surface area contributed by atoms with E-state index in [1.54, 1.807) is 0 Å². The van der Waals surface area contributed by atoms with Crippen molar-refractivity contribution in [1.82, 2.24) is 0 Å². The Bertz CT molecular complexity index is 3100. The van der Waals surface area contributed by atoms with Crippen molar-refractivity contribution in [1.29, 1.82) is 0 Å². The van der Waals surface area contributed by atoms with E-state index in [9.17, 15) is 0 Å². The van der Waals surface area contributed by atoms with Crippen LogP contribution >= 0.6 is 0 Å². The van der Waals surface area contributed by atoms with Gasteiger partial charge in [-0.3, -0.25) is 0 Å². The molecule has 0 atom stereocenters. The molecule has 2 aliphatic heterocycles. The fourth-order valence-electron chi connectivity index (χ4n) is 12.6. The molecule has 0 saturated carbocycles. The van der Waals surface area contributed by atoms with Gasteiger partial charge >= 0.3 is 0 Å². The molecule has 2 nitrogen and oxygen atoms in total. The Kier molecular flexibility index (Phi) is 8.56.